The minimum atomic E-state index is 0.954. The van der Waals surface area contributed by atoms with Crippen LogP contribution in [0.3, 0.4) is 0 Å². The molecular weight excluding hydrogens is 164 g/mol. The van der Waals surface area contributed by atoms with Crippen LogP contribution in [0.4, 0.5) is 0 Å². The van der Waals surface area contributed by atoms with E-state index in [2.05, 4.69) is 6.92 Å². The Labute approximate surface area is 83.5 Å². The first kappa shape index (κ1) is 12.3. The van der Waals surface area contributed by atoms with Gasteiger partial charge in [-0.05, 0) is 6.42 Å². The van der Waals surface area contributed by atoms with E-state index >= 15 is 0 Å². The summed E-state index contributed by atoms with van der Waals surface area (Å²) in [6.07, 6.45) is 12.6. The van der Waals surface area contributed by atoms with Crippen molar-refractivity contribution in [3.63, 3.8) is 0 Å². The molecule has 0 fully saturated rings. The second-order valence-electron chi connectivity index (χ2n) is 3.53. The van der Waals surface area contributed by atoms with E-state index < -0.39 is 0 Å². The van der Waals surface area contributed by atoms with Gasteiger partial charge in [-0.1, -0.05) is 70.9 Å². The molecule has 0 saturated heterocycles. The first-order valence-corrected chi connectivity index (χ1v) is 6.07. The summed E-state index contributed by atoms with van der Waals surface area (Å²) in [6.45, 7) is 2.27. The van der Waals surface area contributed by atoms with Gasteiger partial charge < -0.3 is 0 Å². The van der Waals surface area contributed by atoms with Crippen LogP contribution in [0.15, 0.2) is 0 Å². The maximum absolute atomic E-state index is 4.89. The van der Waals surface area contributed by atoms with Crippen molar-refractivity contribution in [3.05, 3.63) is 0 Å². The highest BCUT2D eigenvalue weighted by Crippen LogP contribution is 2.09. The summed E-state index contributed by atoms with van der Waals surface area (Å²) in [5.41, 5.74) is 0. The Hall–Kier alpha value is 0.350. The van der Waals surface area contributed by atoms with E-state index in [0.29, 0.717) is 0 Å². The molecule has 0 atom stereocenters. The zero-order valence-corrected chi connectivity index (χ0v) is 9.30. The standard InChI is InChI=1S/C11H23S/c1-2-3-4-5-6-7-8-9-10-11-12/h2-11H2,1H3. The molecule has 0 N–H and O–H groups in total. The van der Waals surface area contributed by atoms with Crippen LogP contribution in [0.5, 0.6) is 0 Å². The van der Waals surface area contributed by atoms with Crippen molar-refractivity contribution in [1.29, 1.82) is 0 Å². The van der Waals surface area contributed by atoms with Gasteiger partial charge in [-0.2, -0.15) is 0 Å². The van der Waals surface area contributed by atoms with Crippen molar-refractivity contribution >= 4 is 12.6 Å². The number of hydrogen-bond donors (Lipinski definition) is 0. The van der Waals surface area contributed by atoms with E-state index in [1.54, 1.807) is 0 Å². The van der Waals surface area contributed by atoms with Crippen LogP contribution < -0.4 is 0 Å². The van der Waals surface area contributed by atoms with Crippen molar-refractivity contribution in [2.24, 2.45) is 0 Å². The zero-order chi connectivity index (χ0) is 9.07. The van der Waals surface area contributed by atoms with Crippen LogP contribution in [-0.4, -0.2) is 5.75 Å². The van der Waals surface area contributed by atoms with Gasteiger partial charge in [0, 0.05) is 5.75 Å². The van der Waals surface area contributed by atoms with Crippen LogP contribution in [0.25, 0.3) is 0 Å². The predicted octanol–water partition coefficient (Wildman–Crippen LogP) is 4.71. The second kappa shape index (κ2) is 11.4. The van der Waals surface area contributed by atoms with Crippen molar-refractivity contribution in [2.75, 3.05) is 5.75 Å². The quantitative estimate of drug-likeness (QED) is 0.458. The zero-order valence-electron chi connectivity index (χ0n) is 8.48. The Kier molecular flexibility index (Phi) is 11.7. The summed E-state index contributed by atoms with van der Waals surface area (Å²) in [6, 6.07) is 0. The number of unbranched alkanes of at least 4 members (excludes halogenated alkanes) is 8. The van der Waals surface area contributed by atoms with Crippen molar-refractivity contribution in [3.8, 4) is 0 Å². The first-order valence-electron chi connectivity index (χ1n) is 5.50. The monoisotopic (exact) mass is 187 g/mol. The Balaban J connectivity index is 2.73. The fourth-order valence-electron chi connectivity index (χ4n) is 1.41. The number of rotatable bonds is 9. The minimum absolute atomic E-state index is 0.954. The Morgan fingerprint density at radius 1 is 0.667 bits per heavy atom. The highest BCUT2D eigenvalue weighted by molar-refractivity contribution is 7.80. The maximum atomic E-state index is 4.89. The van der Waals surface area contributed by atoms with Gasteiger partial charge in [0.2, 0.25) is 0 Å². The van der Waals surface area contributed by atoms with Crippen LogP contribution >= 0.6 is 12.6 Å². The SMILES string of the molecule is CCCCCCCCCCC[S]. The first-order chi connectivity index (χ1) is 5.91. The average Bonchev–Trinajstić information content (AvgIpc) is 2.10. The van der Waals surface area contributed by atoms with Gasteiger partial charge in [0.1, 0.15) is 0 Å². The van der Waals surface area contributed by atoms with Gasteiger partial charge >= 0.3 is 0 Å². The fourth-order valence-corrected chi connectivity index (χ4v) is 1.62. The Morgan fingerprint density at radius 2 is 1.08 bits per heavy atom. The highest BCUT2D eigenvalue weighted by Gasteiger charge is 1.90. The molecule has 0 aromatic carbocycles. The summed E-state index contributed by atoms with van der Waals surface area (Å²) in [5, 5.41) is 0. The molecule has 73 valence electrons. The molecule has 0 spiro atoms. The summed E-state index contributed by atoms with van der Waals surface area (Å²) in [7, 11) is 0. The molecule has 12 heavy (non-hydrogen) atoms. The lowest BCUT2D eigenvalue weighted by molar-refractivity contribution is 0.573. The maximum Gasteiger partial charge on any atom is 0.00369 e. The molecular formula is C11H23S. The smallest absolute Gasteiger partial charge is 0.00369 e. The molecule has 0 bridgehead atoms. The van der Waals surface area contributed by atoms with E-state index in [4.69, 9.17) is 12.6 Å². The van der Waals surface area contributed by atoms with Gasteiger partial charge in [-0.15, -0.1) is 0 Å². The summed E-state index contributed by atoms with van der Waals surface area (Å²) >= 11 is 4.89. The van der Waals surface area contributed by atoms with Crippen LogP contribution in [0.2, 0.25) is 0 Å². The van der Waals surface area contributed by atoms with E-state index in [-0.39, 0.29) is 0 Å². The average molecular weight is 187 g/mol. The molecule has 1 heteroatoms. The van der Waals surface area contributed by atoms with Crippen LogP contribution in [-0.2, 0) is 0 Å². The molecule has 0 unspecified atom stereocenters. The molecule has 0 aliphatic heterocycles. The molecule has 1 radical (unpaired) electrons. The van der Waals surface area contributed by atoms with Crippen LogP contribution in [0, 0.1) is 0 Å². The summed E-state index contributed by atoms with van der Waals surface area (Å²) < 4.78 is 0. The minimum Gasteiger partial charge on any atom is -0.0942 e. The molecule has 0 saturated carbocycles. The Morgan fingerprint density at radius 3 is 1.50 bits per heavy atom. The third-order valence-corrected chi connectivity index (χ3v) is 2.54. The third kappa shape index (κ3) is 10.3. The Bertz CT molecular complexity index is 61.4. The molecule has 0 heterocycles. The van der Waals surface area contributed by atoms with Crippen molar-refractivity contribution in [1.82, 2.24) is 0 Å². The van der Waals surface area contributed by atoms with Gasteiger partial charge in [-0.3, -0.25) is 0 Å². The van der Waals surface area contributed by atoms with E-state index in [0.717, 1.165) is 5.75 Å². The van der Waals surface area contributed by atoms with Gasteiger partial charge in [0.15, 0.2) is 0 Å². The molecule has 0 aliphatic rings. The van der Waals surface area contributed by atoms with E-state index in [1.807, 2.05) is 0 Å². The summed E-state index contributed by atoms with van der Waals surface area (Å²) in [4.78, 5) is 0. The van der Waals surface area contributed by atoms with E-state index in [9.17, 15) is 0 Å². The van der Waals surface area contributed by atoms with Crippen molar-refractivity contribution < 1.29 is 0 Å². The fraction of sp³-hybridized carbons (Fsp3) is 1.00. The van der Waals surface area contributed by atoms with Gasteiger partial charge in [-0.25, -0.2) is 0 Å². The largest absolute Gasteiger partial charge is 0.0942 e. The van der Waals surface area contributed by atoms with E-state index in [1.165, 1.54) is 57.8 Å². The molecule has 0 aromatic rings. The summed E-state index contributed by atoms with van der Waals surface area (Å²) in [5.74, 6) is 0.954. The lowest BCUT2D eigenvalue weighted by Gasteiger charge is -1.99. The lowest BCUT2D eigenvalue weighted by Crippen LogP contribution is -1.81. The molecule has 0 nitrogen and oxygen atoms in total. The molecule has 0 aromatic heterocycles. The molecule has 0 aliphatic carbocycles. The second-order valence-corrected chi connectivity index (χ2v) is 3.94. The third-order valence-electron chi connectivity index (χ3n) is 2.25. The lowest BCUT2D eigenvalue weighted by atomic mass is 10.1. The number of hydrogen-bond acceptors (Lipinski definition) is 0. The highest BCUT2D eigenvalue weighted by atomic mass is 32.1. The van der Waals surface area contributed by atoms with Crippen LogP contribution in [0.1, 0.15) is 64.7 Å². The van der Waals surface area contributed by atoms with Gasteiger partial charge in [0.25, 0.3) is 0 Å². The molecule has 0 amide bonds. The van der Waals surface area contributed by atoms with Crippen molar-refractivity contribution in [2.45, 2.75) is 64.7 Å². The van der Waals surface area contributed by atoms with Gasteiger partial charge in [0.05, 0.1) is 0 Å². The topological polar surface area (TPSA) is 0 Å². The predicted molar refractivity (Wildman–Crippen MR) is 59.7 cm³/mol. The molecule has 0 rings (SSSR count). The normalized spacial score (nSPS) is 10.5.